The maximum Gasteiger partial charge on any atom is 0.227 e. The smallest absolute Gasteiger partial charge is 0.227 e. The fraction of sp³-hybridized carbons (Fsp3) is 0.294. The number of sulfone groups is 1. The van der Waals surface area contributed by atoms with Gasteiger partial charge in [-0.05, 0) is 48.5 Å². The van der Waals surface area contributed by atoms with Crippen molar-refractivity contribution in [1.82, 2.24) is 24.8 Å². The number of benzene rings is 2. The summed E-state index contributed by atoms with van der Waals surface area (Å²) in [7, 11) is -4.40. The van der Waals surface area contributed by atoms with Crippen molar-refractivity contribution in [2.45, 2.75) is 30.4 Å². The van der Waals surface area contributed by atoms with Crippen LogP contribution in [0, 0.1) is 17.5 Å². The van der Waals surface area contributed by atoms with Gasteiger partial charge in [-0.1, -0.05) is 19.9 Å². The number of anilines is 3. The van der Waals surface area contributed by atoms with Crippen LogP contribution in [0.1, 0.15) is 30.5 Å². The summed E-state index contributed by atoms with van der Waals surface area (Å²) < 4.78 is 82.6. The molecule has 0 spiro atoms. The second-order valence-corrected chi connectivity index (χ2v) is 14.8. The van der Waals surface area contributed by atoms with Crippen molar-refractivity contribution >= 4 is 38.5 Å². The molecule has 0 amide bonds. The van der Waals surface area contributed by atoms with Gasteiger partial charge in [-0.2, -0.15) is 0 Å². The minimum Gasteiger partial charge on any atom is -0.367 e. The Morgan fingerprint density at radius 3 is 2.33 bits per heavy atom. The van der Waals surface area contributed by atoms with Crippen LogP contribution >= 0.6 is 11.3 Å². The molecule has 0 saturated carbocycles. The predicted molar refractivity (Wildman–Crippen MR) is 182 cm³/mol. The van der Waals surface area contributed by atoms with E-state index in [4.69, 9.17) is 9.97 Å². The van der Waals surface area contributed by atoms with Crippen LogP contribution in [0.25, 0.3) is 21.8 Å². The van der Waals surface area contributed by atoms with Crippen LogP contribution in [0.5, 0.6) is 0 Å². The van der Waals surface area contributed by atoms with Gasteiger partial charge < -0.3 is 10.2 Å². The van der Waals surface area contributed by atoms with Crippen LogP contribution in [0.3, 0.4) is 0 Å². The highest BCUT2D eigenvalue weighted by atomic mass is 32.2. The number of nitrogens with zero attached hydrogens (tertiary/aromatic N) is 6. The van der Waals surface area contributed by atoms with E-state index < -0.39 is 44.6 Å². The summed E-state index contributed by atoms with van der Waals surface area (Å²) in [5.41, 5.74) is 2.61. The zero-order chi connectivity index (χ0) is 34.7. The fourth-order valence-corrected chi connectivity index (χ4v) is 8.03. The first-order valence-corrected chi connectivity index (χ1v) is 18.1. The summed E-state index contributed by atoms with van der Waals surface area (Å²) in [5, 5.41) is 3.88. The van der Waals surface area contributed by atoms with Gasteiger partial charge in [0.05, 0.1) is 38.4 Å². The summed E-state index contributed by atoms with van der Waals surface area (Å²) in [5.74, 6) is -3.17. The van der Waals surface area contributed by atoms with E-state index in [0.29, 0.717) is 65.9 Å². The molecule has 1 aliphatic heterocycles. The Morgan fingerprint density at radius 1 is 0.898 bits per heavy atom. The molecule has 6 rings (SSSR count). The van der Waals surface area contributed by atoms with Gasteiger partial charge in [0.1, 0.15) is 29.0 Å². The molecule has 0 atom stereocenters. The largest absolute Gasteiger partial charge is 0.367 e. The minimum atomic E-state index is -4.40. The van der Waals surface area contributed by atoms with E-state index in [9.17, 15) is 21.6 Å². The lowest BCUT2D eigenvalue weighted by Crippen LogP contribution is -2.47. The second-order valence-electron chi connectivity index (χ2n) is 11.8. The predicted octanol–water partition coefficient (Wildman–Crippen LogP) is 7.01. The zero-order valence-corrected chi connectivity index (χ0v) is 28.3. The quantitative estimate of drug-likeness (QED) is 0.145. The average molecular weight is 712 g/mol. The molecule has 0 bridgehead atoms. The van der Waals surface area contributed by atoms with Crippen LogP contribution in [0.15, 0.2) is 71.9 Å². The van der Waals surface area contributed by atoms with E-state index >= 15 is 4.39 Å². The summed E-state index contributed by atoms with van der Waals surface area (Å²) in [4.78, 5) is 21.7. The highest BCUT2D eigenvalue weighted by Gasteiger charge is 2.26. The number of pyridine rings is 1. The number of rotatable bonds is 11. The van der Waals surface area contributed by atoms with Gasteiger partial charge in [-0.15, -0.1) is 11.3 Å². The number of hydrogen-bond donors (Lipinski definition) is 1. The van der Waals surface area contributed by atoms with Crippen molar-refractivity contribution in [3.8, 4) is 21.8 Å². The highest BCUT2D eigenvalue weighted by Crippen LogP contribution is 2.39. The van der Waals surface area contributed by atoms with Crippen LogP contribution in [-0.2, 0) is 15.6 Å². The molecule has 5 aromatic rings. The van der Waals surface area contributed by atoms with Crippen molar-refractivity contribution in [3.05, 3.63) is 95.1 Å². The molecule has 9 nitrogen and oxygen atoms in total. The third-order valence-electron chi connectivity index (χ3n) is 8.00. The molecule has 1 N–H and O–H groups in total. The third kappa shape index (κ3) is 7.73. The Labute approximate surface area is 285 Å². The van der Waals surface area contributed by atoms with E-state index in [0.717, 1.165) is 23.2 Å². The molecule has 3 aromatic heterocycles. The first-order valence-electron chi connectivity index (χ1n) is 15.6. The molecular formula is C34H33F4N7O2S2. The minimum absolute atomic E-state index is 0.0656. The number of nitrogens with one attached hydrogen (secondary N) is 1. The maximum atomic E-state index is 15.2. The van der Waals surface area contributed by atoms with Crippen molar-refractivity contribution in [1.29, 1.82) is 0 Å². The van der Waals surface area contributed by atoms with E-state index in [1.165, 1.54) is 29.7 Å². The first kappa shape index (κ1) is 34.4. The van der Waals surface area contributed by atoms with E-state index in [1.54, 1.807) is 30.5 Å². The summed E-state index contributed by atoms with van der Waals surface area (Å²) in [6.07, 6.45) is 2.99. The van der Waals surface area contributed by atoms with Crippen LogP contribution in [0.4, 0.5) is 34.9 Å². The standard InChI is InChI=1S/C34H33F4N7O2S2/c1-21(2)33-43-30(22-8-11-39-24(18-22)20-49(46,47)32-25(36)4-3-5-26(32)37)31(48-33)28-9-12-40-34(42-28)41-23-6-7-29(27(38)19-23)45-16-14-44(13-10-35)15-17-45/h3-9,11-12,18-19,21H,10,13-17,20H2,1-2H3,(H,40,41,42). The van der Waals surface area contributed by atoms with E-state index in [1.807, 2.05) is 23.6 Å². The van der Waals surface area contributed by atoms with E-state index in [-0.39, 0.29) is 17.6 Å². The van der Waals surface area contributed by atoms with Gasteiger partial charge in [-0.25, -0.2) is 40.9 Å². The van der Waals surface area contributed by atoms with Crippen LogP contribution in [0.2, 0.25) is 0 Å². The Kier molecular flexibility index (Phi) is 10.2. The highest BCUT2D eigenvalue weighted by molar-refractivity contribution is 7.90. The maximum absolute atomic E-state index is 15.2. The van der Waals surface area contributed by atoms with Gasteiger partial charge in [0, 0.05) is 62.3 Å². The zero-order valence-electron chi connectivity index (χ0n) is 26.7. The van der Waals surface area contributed by atoms with Crippen molar-refractivity contribution in [3.63, 3.8) is 0 Å². The topological polar surface area (TPSA) is 104 Å². The van der Waals surface area contributed by atoms with Gasteiger partial charge in [-0.3, -0.25) is 9.88 Å². The van der Waals surface area contributed by atoms with Gasteiger partial charge >= 0.3 is 0 Å². The molecule has 15 heteroatoms. The lowest BCUT2D eigenvalue weighted by atomic mass is 10.1. The van der Waals surface area contributed by atoms with E-state index in [2.05, 4.69) is 15.3 Å². The molecule has 256 valence electrons. The molecule has 1 saturated heterocycles. The Morgan fingerprint density at radius 2 is 1.63 bits per heavy atom. The Bertz CT molecular complexity index is 2050. The van der Waals surface area contributed by atoms with Crippen molar-refractivity contribution in [2.24, 2.45) is 0 Å². The lowest BCUT2D eigenvalue weighted by Gasteiger charge is -2.35. The Balaban J connectivity index is 1.25. The molecule has 0 radical (unpaired) electrons. The molecule has 1 aliphatic rings. The third-order valence-corrected chi connectivity index (χ3v) is 11.1. The molecule has 1 fully saturated rings. The fourth-order valence-electron chi connectivity index (χ4n) is 5.55. The van der Waals surface area contributed by atoms with Crippen LogP contribution < -0.4 is 10.2 Å². The first-order chi connectivity index (χ1) is 23.5. The summed E-state index contributed by atoms with van der Waals surface area (Å²) in [6, 6.07) is 12.6. The molecule has 0 unspecified atom stereocenters. The van der Waals surface area contributed by atoms with Crippen molar-refractivity contribution in [2.75, 3.05) is 49.6 Å². The van der Waals surface area contributed by atoms with Gasteiger partial charge in [0.25, 0.3) is 0 Å². The van der Waals surface area contributed by atoms with Crippen LogP contribution in [-0.4, -0.2) is 72.7 Å². The number of piperazine rings is 1. The Hall–Kier alpha value is -4.47. The molecule has 2 aromatic carbocycles. The molecule has 0 aliphatic carbocycles. The molecule has 49 heavy (non-hydrogen) atoms. The van der Waals surface area contributed by atoms with Gasteiger partial charge in [0.15, 0.2) is 9.84 Å². The lowest BCUT2D eigenvalue weighted by molar-refractivity contribution is 0.235. The summed E-state index contributed by atoms with van der Waals surface area (Å²) >= 11 is 1.42. The number of aromatic nitrogens is 4. The molecular weight excluding hydrogens is 679 g/mol. The normalized spacial score (nSPS) is 14.1. The number of hydrogen-bond acceptors (Lipinski definition) is 10. The SMILES string of the molecule is CC(C)c1nc(-c2ccnc(CS(=O)(=O)c3c(F)cccc3F)c2)c(-c2ccnc(Nc3ccc(N4CCN(CCF)CC4)c(F)c3)n2)s1. The monoisotopic (exact) mass is 711 g/mol. The number of halogens is 4. The second kappa shape index (κ2) is 14.6. The molecule has 4 heterocycles. The van der Waals surface area contributed by atoms with Gasteiger partial charge in [0.2, 0.25) is 5.95 Å². The average Bonchev–Trinajstić information content (AvgIpc) is 3.52. The summed E-state index contributed by atoms with van der Waals surface area (Å²) in [6.45, 7) is 6.50. The van der Waals surface area contributed by atoms with Crippen molar-refractivity contribution < 1.29 is 26.0 Å². The number of thiazole rings is 1. The number of alkyl halides is 1.